The summed E-state index contributed by atoms with van der Waals surface area (Å²) in [6, 6.07) is 23.3. The molecule has 0 saturated carbocycles. The Balaban J connectivity index is 1.74. The predicted molar refractivity (Wildman–Crippen MR) is 123 cm³/mol. The highest BCUT2D eigenvalue weighted by Gasteiger charge is 2.22. The molecule has 4 rings (SSSR count). The first-order valence-electron chi connectivity index (χ1n) is 9.24. The van der Waals surface area contributed by atoms with E-state index in [2.05, 4.69) is 0 Å². The highest BCUT2D eigenvalue weighted by molar-refractivity contribution is 7.22. The van der Waals surface area contributed by atoms with Gasteiger partial charge in [0.1, 0.15) is 6.54 Å². The van der Waals surface area contributed by atoms with E-state index in [4.69, 9.17) is 16.6 Å². The lowest BCUT2D eigenvalue weighted by Crippen LogP contribution is -2.36. The zero-order valence-corrected chi connectivity index (χ0v) is 17.7. The van der Waals surface area contributed by atoms with Gasteiger partial charge >= 0.3 is 0 Å². The molecule has 1 aromatic heterocycles. The number of anilines is 3. The maximum atomic E-state index is 13.1. The van der Waals surface area contributed by atoms with Crippen molar-refractivity contribution in [3.05, 3.63) is 83.4 Å². The Morgan fingerprint density at radius 1 is 1.00 bits per heavy atom. The fourth-order valence-electron chi connectivity index (χ4n) is 3.16. The normalized spacial score (nSPS) is 10.9. The molecule has 0 atom stereocenters. The second-order valence-electron chi connectivity index (χ2n) is 6.72. The van der Waals surface area contributed by atoms with Gasteiger partial charge in [0.25, 0.3) is 0 Å². The summed E-state index contributed by atoms with van der Waals surface area (Å²) in [6.45, 7) is 2.12. The molecule has 4 nitrogen and oxygen atoms in total. The smallest absolute Gasteiger partial charge is 0.246 e. The van der Waals surface area contributed by atoms with E-state index in [0.29, 0.717) is 5.02 Å². The van der Waals surface area contributed by atoms with Crippen LogP contribution in [0.15, 0.2) is 72.8 Å². The van der Waals surface area contributed by atoms with Gasteiger partial charge in [-0.3, -0.25) is 4.79 Å². The number of likely N-dealkylation sites (N-methyl/N-ethyl adjacent to an activating group) is 1. The standard InChI is InChI=1S/C23H20ClN3OS/c1-16-18(24)11-8-13-20(16)27(23-25-19-12-6-7-14-21(19)29-23)15-22(28)26(2)17-9-4-3-5-10-17/h3-14H,15H2,1-2H3. The first-order valence-corrected chi connectivity index (χ1v) is 10.4. The molecule has 0 aliphatic heterocycles. The topological polar surface area (TPSA) is 36.4 Å². The van der Waals surface area contributed by atoms with Crippen molar-refractivity contribution in [1.82, 2.24) is 4.98 Å². The second kappa shape index (κ2) is 8.23. The van der Waals surface area contributed by atoms with Crippen LogP contribution in [0.25, 0.3) is 10.2 Å². The molecule has 146 valence electrons. The summed E-state index contributed by atoms with van der Waals surface area (Å²) in [4.78, 5) is 21.5. The average molecular weight is 422 g/mol. The number of fused-ring (bicyclic) bond motifs is 1. The van der Waals surface area contributed by atoms with Crippen LogP contribution in [0.1, 0.15) is 5.56 Å². The Labute approximate surface area is 179 Å². The number of nitrogens with zero attached hydrogens (tertiary/aromatic N) is 3. The Morgan fingerprint density at radius 3 is 2.48 bits per heavy atom. The minimum Gasteiger partial charge on any atom is -0.314 e. The molecule has 3 aromatic carbocycles. The summed E-state index contributed by atoms with van der Waals surface area (Å²) in [7, 11) is 1.79. The molecule has 1 heterocycles. The summed E-state index contributed by atoms with van der Waals surface area (Å²) in [5, 5.41) is 1.43. The number of carbonyl (C=O) groups is 1. The van der Waals surface area contributed by atoms with Gasteiger partial charge in [-0.05, 0) is 48.9 Å². The zero-order chi connectivity index (χ0) is 20.4. The first-order chi connectivity index (χ1) is 14.0. The lowest BCUT2D eigenvalue weighted by molar-refractivity contribution is -0.116. The molecule has 0 aliphatic rings. The first kappa shape index (κ1) is 19.4. The van der Waals surface area contributed by atoms with Crippen molar-refractivity contribution in [2.24, 2.45) is 0 Å². The van der Waals surface area contributed by atoms with Crippen LogP contribution in [-0.2, 0) is 4.79 Å². The number of hydrogen-bond donors (Lipinski definition) is 0. The lowest BCUT2D eigenvalue weighted by atomic mass is 10.2. The van der Waals surface area contributed by atoms with Crippen molar-refractivity contribution in [2.75, 3.05) is 23.4 Å². The molecule has 0 fully saturated rings. The molecule has 0 saturated heterocycles. The summed E-state index contributed by atoms with van der Waals surface area (Å²) >= 11 is 7.95. The minimum absolute atomic E-state index is 0.0326. The summed E-state index contributed by atoms with van der Waals surface area (Å²) in [5.74, 6) is -0.0326. The summed E-state index contributed by atoms with van der Waals surface area (Å²) in [5.41, 5.74) is 3.57. The highest BCUT2D eigenvalue weighted by atomic mass is 35.5. The van der Waals surface area contributed by atoms with Crippen molar-refractivity contribution < 1.29 is 4.79 Å². The van der Waals surface area contributed by atoms with E-state index in [9.17, 15) is 4.79 Å². The number of hydrogen-bond acceptors (Lipinski definition) is 4. The van der Waals surface area contributed by atoms with Crippen LogP contribution < -0.4 is 9.80 Å². The SMILES string of the molecule is Cc1c(Cl)cccc1N(CC(=O)N(C)c1ccccc1)c1nc2ccccc2s1. The molecule has 0 unspecified atom stereocenters. The molecular weight excluding hydrogens is 402 g/mol. The number of para-hydroxylation sites is 2. The van der Waals surface area contributed by atoms with E-state index in [1.54, 1.807) is 23.3 Å². The van der Waals surface area contributed by atoms with E-state index >= 15 is 0 Å². The van der Waals surface area contributed by atoms with Gasteiger partial charge in [0.2, 0.25) is 5.91 Å². The van der Waals surface area contributed by atoms with E-state index < -0.39 is 0 Å². The average Bonchev–Trinajstić information content (AvgIpc) is 3.18. The van der Waals surface area contributed by atoms with Gasteiger partial charge in [-0.15, -0.1) is 0 Å². The van der Waals surface area contributed by atoms with Crippen LogP contribution >= 0.6 is 22.9 Å². The molecule has 1 amide bonds. The maximum Gasteiger partial charge on any atom is 0.246 e. The van der Waals surface area contributed by atoms with Gasteiger partial charge in [0.05, 0.1) is 10.2 Å². The second-order valence-corrected chi connectivity index (χ2v) is 8.14. The maximum absolute atomic E-state index is 13.1. The molecule has 0 bridgehead atoms. The zero-order valence-electron chi connectivity index (χ0n) is 16.2. The number of rotatable bonds is 5. The van der Waals surface area contributed by atoms with Crippen LogP contribution in [0.4, 0.5) is 16.5 Å². The van der Waals surface area contributed by atoms with Gasteiger partial charge < -0.3 is 9.80 Å². The summed E-state index contributed by atoms with van der Waals surface area (Å²) < 4.78 is 1.08. The van der Waals surface area contributed by atoms with Crippen LogP contribution in [0.3, 0.4) is 0 Å². The quantitative estimate of drug-likeness (QED) is 0.393. The number of halogens is 1. The van der Waals surface area contributed by atoms with Crippen molar-refractivity contribution in [1.29, 1.82) is 0 Å². The molecule has 29 heavy (non-hydrogen) atoms. The van der Waals surface area contributed by atoms with Gasteiger partial charge in [-0.25, -0.2) is 4.98 Å². The van der Waals surface area contributed by atoms with Crippen molar-refractivity contribution in [3.63, 3.8) is 0 Å². The number of aromatic nitrogens is 1. The molecule has 0 aliphatic carbocycles. The number of benzene rings is 3. The molecular formula is C23H20ClN3OS. The fourth-order valence-corrected chi connectivity index (χ4v) is 4.30. The van der Waals surface area contributed by atoms with Gasteiger partial charge in [0, 0.05) is 23.4 Å². The van der Waals surface area contributed by atoms with E-state index in [-0.39, 0.29) is 12.5 Å². The molecule has 0 radical (unpaired) electrons. The van der Waals surface area contributed by atoms with Crippen molar-refractivity contribution >= 4 is 55.6 Å². The van der Waals surface area contributed by atoms with Crippen LogP contribution in [-0.4, -0.2) is 24.5 Å². The highest BCUT2D eigenvalue weighted by Crippen LogP contribution is 2.36. The third-order valence-corrected chi connectivity index (χ3v) is 6.32. The monoisotopic (exact) mass is 421 g/mol. The third-order valence-electron chi connectivity index (χ3n) is 4.85. The van der Waals surface area contributed by atoms with Crippen LogP contribution in [0, 0.1) is 6.92 Å². The van der Waals surface area contributed by atoms with Crippen molar-refractivity contribution in [2.45, 2.75) is 6.92 Å². The molecule has 6 heteroatoms. The predicted octanol–water partition coefficient (Wildman–Crippen LogP) is 6.06. The number of carbonyl (C=O) groups excluding carboxylic acids is 1. The minimum atomic E-state index is -0.0326. The molecule has 4 aromatic rings. The van der Waals surface area contributed by atoms with Crippen LogP contribution in [0.2, 0.25) is 5.02 Å². The van der Waals surface area contributed by atoms with E-state index in [1.807, 2.05) is 84.6 Å². The van der Waals surface area contributed by atoms with Crippen molar-refractivity contribution in [3.8, 4) is 0 Å². The van der Waals surface area contributed by atoms with Gasteiger partial charge in [0.15, 0.2) is 5.13 Å². The van der Waals surface area contributed by atoms with Gasteiger partial charge in [-0.1, -0.05) is 59.3 Å². The Bertz CT molecular complexity index is 1130. The van der Waals surface area contributed by atoms with Gasteiger partial charge in [-0.2, -0.15) is 0 Å². The number of thiazole rings is 1. The fraction of sp³-hybridized carbons (Fsp3) is 0.130. The van der Waals surface area contributed by atoms with Crippen LogP contribution in [0.5, 0.6) is 0 Å². The Morgan fingerprint density at radius 2 is 1.72 bits per heavy atom. The lowest BCUT2D eigenvalue weighted by Gasteiger charge is -2.26. The Kier molecular flexibility index (Phi) is 5.51. The van der Waals surface area contributed by atoms with E-state index in [0.717, 1.165) is 32.3 Å². The summed E-state index contributed by atoms with van der Waals surface area (Å²) in [6.07, 6.45) is 0. The molecule has 0 spiro atoms. The molecule has 0 N–H and O–H groups in total. The third kappa shape index (κ3) is 3.97. The van der Waals surface area contributed by atoms with E-state index in [1.165, 1.54) is 0 Å². The number of amides is 1. The largest absolute Gasteiger partial charge is 0.314 e. The Hall–Kier alpha value is -2.89.